The summed E-state index contributed by atoms with van der Waals surface area (Å²) >= 11 is 0. The Balaban J connectivity index is 2.28. The van der Waals surface area contributed by atoms with Crippen molar-refractivity contribution in [2.75, 3.05) is 6.61 Å². The highest BCUT2D eigenvalue weighted by Crippen LogP contribution is 2.43. The molecule has 1 aromatic rings. The van der Waals surface area contributed by atoms with Gasteiger partial charge in [-0.2, -0.15) is 0 Å². The third kappa shape index (κ3) is 1.89. The average Bonchev–Trinajstić information content (AvgIpc) is 2.69. The van der Waals surface area contributed by atoms with E-state index in [4.69, 9.17) is 4.42 Å². The van der Waals surface area contributed by atoms with E-state index in [0.717, 1.165) is 24.4 Å². The van der Waals surface area contributed by atoms with E-state index in [1.165, 1.54) is 0 Å². The minimum absolute atomic E-state index is 0.0850. The molecule has 1 aliphatic rings. The van der Waals surface area contributed by atoms with Crippen molar-refractivity contribution >= 4 is 0 Å². The van der Waals surface area contributed by atoms with Gasteiger partial charge in [0.1, 0.15) is 11.5 Å². The number of hydrogen-bond acceptors (Lipinski definition) is 3. The first kappa shape index (κ1) is 11.7. The maximum absolute atomic E-state index is 9.65. The summed E-state index contributed by atoms with van der Waals surface area (Å²) in [4.78, 5) is 0. The van der Waals surface area contributed by atoms with Crippen molar-refractivity contribution in [2.24, 2.45) is 5.92 Å². The highest BCUT2D eigenvalue weighted by atomic mass is 16.3. The fourth-order valence-electron chi connectivity index (χ4n) is 2.72. The minimum Gasteiger partial charge on any atom is -0.466 e. The van der Waals surface area contributed by atoms with Crippen LogP contribution in [0.5, 0.6) is 0 Å². The lowest BCUT2D eigenvalue weighted by molar-refractivity contribution is 0.0206. The third-order valence-corrected chi connectivity index (χ3v) is 3.98. The molecular formula is C13H20O3. The van der Waals surface area contributed by atoms with Crippen molar-refractivity contribution in [3.63, 3.8) is 0 Å². The van der Waals surface area contributed by atoms with Crippen LogP contribution < -0.4 is 0 Å². The molecule has 0 bridgehead atoms. The molecule has 3 nitrogen and oxygen atoms in total. The van der Waals surface area contributed by atoms with Gasteiger partial charge in [0.2, 0.25) is 0 Å². The van der Waals surface area contributed by atoms with Gasteiger partial charge in [0.25, 0.3) is 0 Å². The van der Waals surface area contributed by atoms with E-state index in [2.05, 4.69) is 6.92 Å². The number of hydrogen-bond donors (Lipinski definition) is 2. The summed E-state index contributed by atoms with van der Waals surface area (Å²) in [6.45, 7) is 4.16. The smallest absolute Gasteiger partial charge is 0.110 e. The molecule has 90 valence electrons. The van der Waals surface area contributed by atoms with E-state index in [1.54, 1.807) is 0 Å². The molecule has 1 aromatic heterocycles. The highest BCUT2D eigenvalue weighted by Gasteiger charge is 2.42. The summed E-state index contributed by atoms with van der Waals surface area (Å²) in [7, 11) is 0. The molecule has 1 saturated carbocycles. The van der Waals surface area contributed by atoms with Gasteiger partial charge in [-0.15, -0.1) is 0 Å². The molecule has 0 radical (unpaired) electrons. The second kappa shape index (κ2) is 4.22. The zero-order valence-electron chi connectivity index (χ0n) is 9.94. The second-order valence-corrected chi connectivity index (χ2v) is 5.14. The van der Waals surface area contributed by atoms with Crippen molar-refractivity contribution in [1.29, 1.82) is 0 Å². The Morgan fingerprint density at radius 2 is 2.25 bits per heavy atom. The number of furan rings is 1. The molecule has 0 spiro atoms. The summed E-state index contributed by atoms with van der Waals surface area (Å²) in [5.41, 5.74) is -0.137. The van der Waals surface area contributed by atoms with Crippen LogP contribution in [0.3, 0.4) is 0 Å². The summed E-state index contributed by atoms with van der Waals surface area (Å²) in [6.07, 6.45) is 2.03. The molecule has 0 saturated heterocycles. The van der Waals surface area contributed by atoms with Gasteiger partial charge in [-0.1, -0.05) is 6.92 Å². The first-order chi connectivity index (χ1) is 7.56. The summed E-state index contributed by atoms with van der Waals surface area (Å²) < 4.78 is 5.70. The molecule has 3 atom stereocenters. The van der Waals surface area contributed by atoms with Crippen molar-refractivity contribution in [3.05, 3.63) is 23.7 Å². The van der Waals surface area contributed by atoms with Gasteiger partial charge < -0.3 is 14.6 Å². The van der Waals surface area contributed by atoms with E-state index in [1.807, 2.05) is 19.1 Å². The predicted octanol–water partition coefficient (Wildman–Crippen LogP) is 2.00. The number of rotatable bonds is 2. The van der Waals surface area contributed by atoms with Gasteiger partial charge >= 0.3 is 0 Å². The molecular weight excluding hydrogens is 204 g/mol. The maximum atomic E-state index is 9.65. The average molecular weight is 224 g/mol. The molecule has 1 unspecified atom stereocenters. The molecule has 1 heterocycles. The summed E-state index contributed by atoms with van der Waals surface area (Å²) in [6, 6.07) is 3.95. The van der Waals surface area contributed by atoms with Gasteiger partial charge in [-0.3, -0.25) is 0 Å². The molecule has 0 aliphatic heterocycles. The monoisotopic (exact) mass is 224 g/mol. The van der Waals surface area contributed by atoms with Crippen molar-refractivity contribution in [2.45, 2.75) is 44.6 Å². The molecule has 3 heteroatoms. The molecule has 16 heavy (non-hydrogen) atoms. The minimum atomic E-state index is -0.277. The lowest BCUT2D eigenvalue weighted by atomic mass is 9.65. The second-order valence-electron chi connectivity index (χ2n) is 5.14. The van der Waals surface area contributed by atoms with Crippen LogP contribution in [0.25, 0.3) is 0 Å². The van der Waals surface area contributed by atoms with Crippen LogP contribution >= 0.6 is 0 Å². The Morgan fingerprint density at radius 3 is 2.81 bits per heavy atom. The summed E-state index contributed by atoms with van der Waals surface area (Å²) in [5, 5.41) is 19.1. The largest absolute Gasteiger partial charge is 0.466 e. The van der Waals surface area contributed by atoms with Crippen LogP contribution in [0.4, 0.5) is 0 Å². The topological polar surface area (TPSA) is 53.6 Å². The Hall–Kier alpha value is -0.800. The zero-order chi connectivity index (χ0) is 11.8. The normalized spacial score (nSPS) is 35.2. The van der Waals surface area contributed by atoms with Gasteiger partial charge in [0.05, 0.1) is 6.10 Å². The maximum Gasteiger partial charge on any atom is 0.110 e. The van der Waals surface area contributed by atoms with Gasteiger partial charge in [0.15, 0.2) is 0 Å². The lowest BCUT2D eigenvalue weighted by Crippen LogP contribution is -2.41. The van der Waals surface area contributed by atoms with Crippen LogP contribution in [-0.2, 0) is 5.41 Å². The van der Waals surface area contributed by atoms with Crippen LogP contribution in [0.2, 0.25) is 0 Å². The fourth-order valence-corrected chi connectivity index (χ4v) is 2.72. The van der Waals surface area contributed by atoms with Gasteiger partial charge in [-0.05, 0) is 44.2 Å². The number of aliphatic hydroxyl groups excluding tert-OH is 2. The quantitative estimate of drug-likeness (QED) is 0.807. The number of aliphatic hydroxyl groups is 2. The standard InChI is InChI=1S/C13H20O3/c1-9-3-4-12(16-9)13(2)6-5-11(15)7-10(13)8-14/h3-4,10-11,14-15H,5-8H2,1-2H3/t10-,11+,13?/m1/s1. The van der Waals surface area contributed by atoms with Crippen molar-refractivity contribution < 1.29 is 14.6 Å². The van der Waals surface area contributed by atoms with Crippen molar-refractivity contribution in [3.8, 4) is 0 Å². The fraction of sp³-hybridized carbons (Fsp3) is 0.692. The van der Waals surface area contributed by atoms with Crippen molar-refractivity contribution in [1.82, 2.24) is 0 Å². The molecule has 1 aliphatic carbocycles. The Bertz CT molecular complexity index is 358. The Kier molecular flexibility index (Phi) is 3.08. The first-order valence-electron chi connectivity index (χ1n) is 5.92. The van der Waals surface area contributed by atoms with E-state index in [0.29, 0.717) is 6.42 Å². The van der Waals surface area contributed by atoms with E-state index in [9.17, 15) is 10.2 Å². The summed E-state index contributed by atoms with van der Waals surface area (Å²) in [5.74, 6) is 1.93. The van der Waals surface area contributed by atoms with E-state index in [-0.39, 0.29) is 24.0 Å². The van der Waals surface area contributed by atoms with Crippen LogP contribution in [0, 0.1) is 12.8 Å². The van der Waals surface area contributed by atoms with E-state index < -0.39 is 0 Å². The van der Waals surface area contributed by atoms with E-state index >= 15 is 0 Å². The Labute approximate surface area is 96.1 Å². The molecule has 1 fully saturated rings. The predicted molar refractivity (Wildman–Crippen MR) is 61.2 cm³/mol. The molecule has 0 amide bonds. The van der Waals surface area contributed by atoms with Crippen LogP contribution in [0.15, 0.2) is 16.5 Å². The SMILES string of the molecule is Cc1ccc(C2(C)CC[C@H](O)C[C@@H]2CO)o1. The highest BCUT2D eigenvalue weighted by molar-refractivity contribution is 5.18. The molecule has 0 aromatic carbocycles. The number of aryl methyl sites for hydroxylation is 1. The van der Waals surface area contributed by atoms with Crippen LogP contribution in [-0.4, -0.2) is 22.9 Å². The first-order valence-corrected chi connectivity index (χ1v) is 5.92. The van der Waals surface area contributed by atoms with Gasteiger partial charge in [-0.25, -0.2) is 0 Å². The molecule has 2 N–H and O–H groups in total. The zero-order valence-corrected chi connectivity index (χ0v) is 9.94. The van der Waals surface area contributed by atoms with Gasteiger partial charge in [0, 0.05) is 12.0 Å². The third-order valence-electron chi connectivity index (χ3n) is 3.98. The lowest BCUT2D eigenvalue weighted by Gasteiger charge is -2.41. The Morgan fingerprint density at radius 1 is 1.50 bits per heavy atom. The van der Waals surface area contributed by atoms with Crippen LogP contribution in [0.1, 0.15) is 37.7 Å². The molecule has 2 rings (SSSR count).